The van der Waals surface area contributed by atoms with E-state index in [2.05, 4.69) is 18.9 Å². The van der Waals surface area contributed by atoms with Gasteiger partial charge in [0.15, 0.2) is 0 Å². The van der Waals surface area contributed by atoms with Gasteiger partial charge >= 0.3 is 0 Å². The Morgan fingerprint density at radius 1 is 1.40 bits per heavy atom. The Morgan fingerprint density at radius 2 is 2.13 bits per heavy atom. The molecule has 0 aliphatic carbocycles. The highest BCUT2D eigenvalue weighted by molar-refractivity contribution is 6.30. The molecule has 2 nitrogen and oxygen atoms in total. The Morgan fingerprint density at radius 3 is 2.73 bits per heavy atom. The molecular weight excluding hydrogens is 208 g/mol. The van der Waals surface area contributed by atoms with Crippen LogP contribution in [0.5, 0.6) is 0 Å². The van der Waals surface area contributed by atoms with Crippen molar-refractivity contribution >= 4 is 17.3 Å². The summed E-state index contributed by atoms with van der Waals surface area (Å²) in [5.41, 5.74) is 7.82. The average molecular weight is 227 g/mol. The van der Waals surface area contributed by atoms with Gasteiger partial charge in [0, 0.05) is 17.3 Å². The van der Waals surface area contributed by atoms with Gasteiger partial charge in [-0.1, -0.05) is 31.0 Å². The minimum Gasteiger partial charge on any atom is -0.398 e. The zero-order chi connectivity index (χ0) is 11.3. The molecule has 0 heterocycles. The lowest BCUT2D eigenvalue weighted by Crippen LogP contribution is -2.19. The summed E-state index contributed by atoms with van der Waals surface area (Å²) in [6, 6.07) is 5.70. The van der Waals surface area contributed by atoms with Crippen LogP contribution in [-0.4, -0.2) is 18.5 Å². The lowest BCUT2D eigenvalue weighted by molar-refractivity contribution is 0.321. The molecule has 0 radical (unpaired) electrons. The molecule has 0 spiro atoms. The number of nitrogens with zero attached hydrogens (tertiary/aromatic N) is 1. The van der Waals surface area contributed by atoms with Crippen LogP contribution in [0.2, 0.25) is 5.02 Å². The molecule has 0 saturated heterocycles. The van der Waals surface area contributed by atoms with Crippen LogP contribution in [0, 0.1) is 0 Å². The zero-order valence-electron chi connectivity index (χ0n) is 9.46. The fourth-order valence-electron chi connectivity index (χ4n) is 1.51. The van der Waals surface area contributed by atoms with Crippen LogP contribution >= 0.6 is 11.6 Å². The van der Waals surface area contributed by atoms with E-state index >= 15 is 0 Å². The fourth-order valence-corrected chi connectivity index (χ4v) is 1.69. The topological polar surface area (TPSA) is 29.3 Å². The number of rotatable bonds is 5. The van der Waals surface area contributed by atoms with E-state index in [1.165, 1.54) is 12.8 Å². The SMILES string of the molecule is CCCCN(C)Cc1ccc(Cl)cc1N. The molecule has 0 aromatic heterocycles. The van der Waals surface area contributed by atoms with E-state index in [-0.39, 0.29) is 0 Å². The van der Waals surface area contributed by atoms with E-state index in [0.717, 1.165) is 24.3 Å². The van der Waals surface area contributed by atoms with E-state index in [9.17, 15) is 0 Å². The first-order chi connectivity index (χ1) is 7.13. The van der Waals surface area contributed by atoms with Crippen LogP contribution in [0.25, 0.3) is 0 Å². The highest BCUT2D eigenvalue weighted by atomic mass is 35.5. The third kappa shape index (κ3) is 4.10. The van der Waals surface area contributed by atoms with Crippen LogP contribution in [0.3, 0.4) is 0 Å². The summed E-state index contributed by atoms with van der Waals surface area (Å²) in [5.74, 6) is 0. The number of nitrogens with two attached hydrogens (primary N) is 1. The van der Waals surface area contributed by atoms with E-state index < -0.39 is 0 Å². The molecule has 0 saturated carbocycles. The van der Waals surface area contributed by atoms with Crippen molar-refractivity contribution in [2.24, 2.45) is 0 Å². The van der Waals surface area contributed by atoms with Crippen LogP contribution < -0.4 is 5.73 Å². The summed E-state index contributed by atoms with van der Waals surface area (Å²) >= 11 is 5.84. The first kappa shape index (κ1) is 12.3. The zero-order valence-corrected chi connectivity index (χ0v) is 10.2. The van der Waals surface area contributed by atoms with Gasteiger partial charge in [0.1, 0.15) is 0 Å². The number of halogens is 1. The van der Waals surface area contributed by atoms with Gasteiger partial charge in [-0.2, -0.15) is 0 Å². The molecule has 1 rings (SSSR count). The number of unbranched alkanes of at least 4 members (excludes halogenated alkanes) is 1. The van der Waals surface area contributed by atoms with E-state index in [0.29, 0.717) is 5.02 Å². The molecule has 0 unspecified atom stereocenters. The second-order valence-electron chi connectivity index (χ2n) is 3.93. The summed E-state index contributed by atoms with van der Waals surface area (Å²) < 4.78 is 0. The first-order valence-electron chi connectivity index (χ1n) is 5.36. The number of nitrogen functional groups attached to an aromatic ring is 1. The third-order valence-corrected chi connectivity index (χ3v) is 2.68. The summed E-state index contributed by atoms with van der Waals surface area (Å²) in [7, 11) is 2.11. The molecule has 3 heteroatoms. The Labute approximate surface area is 97.0 Å². The van der Waals surface area contributed by atoms with Crippen molar-refractivity contribution in [2.45, 2.75) is 26.3 Å². The molecule has 2 N–H and O–H groups in total. The minimum atomic E-state index is 0.701. The van der Waals surface area contributed by atoms with Gasteiger partial charge in [-0.3, -0.25) is 0 Å². The summed E-state index contributed by atoms with van der Waals surface area (Å²) in [5, 5.41) is 0.701. The molecule has 15 heavy (non-hydrogen) atoms. The van der Waals surface area contributed by atoms with Crippen LogP contribution in [0.4, 0.5) is 5.69 Å². The third-order valence-electron chi connectivity index (χ3n) is 2.44. The Hall–Kier alpha value is -0.730. The second-order valence-corrected chi connectivity index (χ2v) is 4.37. The van der Waals surface area contributed by atoms with Crippen molar-refractivity contribution in [1.82, 2.24) is 4.90 Å². The smallest absolute Gasteiger partial charge is 0.0426 e. The average Bonchev–Trinajstić information content (AvgIpc) is 2.19. The standard InChI is InChI=1S/C12H19ClN2/c1-3-4-7-15(2)9-10-5-6-11(13)8-12(10)14/h5-6,8H,3-4,7,9,14H2,1-2H3. The van der Waals surface area contributed by atoms with Crippen LogP contribution in [-0.2, 0) is 6.54 Å². The highest BCUT2D eigenvalue weighted by Gasteiger charge is 2.03. The predicted molar refractivity (Wildman–Crippen MR) is 67.1 cm³/mol. The van der Waals surface area contributed by atoms with Crippen LogP contribution in [0.15, 0.2) is 18.2 Å². The van der Waals surface area contributed by atoms with Crippen LogP contribution in [0.1, 0.15) is 25.3 Å². The normalized spacial score (nSPS) is 10.9. The van der Waals surface area contributed by atoms with Gasteiger partial charge in [-0.05, 0) is 37.7 Å². The molecule has 1 aromatic carbocycles. The van der Waals surface area contributed by atoms with Crippen molar-refractivity contribution in [3.8, 4) is 0 Å². The summed E-state index contributed by atoms with van der Waals surface area (Å²) in [4.78, 5) is 2.28. The van der Waals surface area contributed by atoms with Crippen molar-refractivity contribution in [1.29, 1.82) is 0 Å². The first-order valence-corrected chi connectivity index (χ1v) is 5.73. The van der Waals surface area contributed by atoms with Gasteiger partial charge in [0.2, 0.25) is 0 Å². The van der Waals surface area contributed by atoms with Gasteiger partial charge in [-0.25, -0.2) is 0 Å². The van der Waals surface area contributed by atoms with Crippen molar-refractivity contribution in [3.63, 3.8) is 0 Å². The minimum absolute atomic E-state index is 0.701. The Kier molecular flexibility index (Phi) is 4.92. The molecular formula is C12H19ClN2. The van der Waals surface area contributed by atoms with Crippen molar-refractivity contribution in [3.05, 3.63) is 28.8 Å². The molecule has 0 aliphatic rings. The van der Waals surface area contributed by atoms with E-state index in [1.54, 1.807) is 0 Å². The number of anilines is 1. The maximum atomic E-state index is 5.89. The Bertz CT molecular complexity index is 312. The summed E-state index contributed by atoms with van der Waals surface area (Å²) in [6.07, 6.45) is 2.45. The van der Waals surface area contributed by atoms with E-state index in [1.807, 2.05) is 18.2 Å². The van der Waals surface area contributed by atoms with E-state index in [4.69, 9.17) is 17.3 Å². The number of benzene rings is 1. The predicted octanol–water partition coefficient (Wildman–Crippen LogP) is 3.15. The van der Waals surface area contributed by atoms with Crippen molar-refractivity contribution in [2.75, 3.05) is 19.3 Å². The molecule has 1 aromatic rings. The van der Waals surface area contributed by atoms with Crippen molar-refractivity contribution < 1.29 is 0 Å². The number of hydrogen-bond donors (Lipinski definition) is 1. The summed E-state index contributed by atoms with van der Waals surface area (Å²) in [6.45, 7) is 4.20. The van der Waals surface area contributed by atoms with Gasteiger partial charge in [0.25, 0.3) is 0 Å². The van der Waals surface area contributed by atoms with Gasteiger partial charge in [0.05, 0.1) is 0 Å². The maximum absolute atomic E-state index is 5.89. The molecule has 0 amide bonds. The van der Waals surface area contributed by atoms with Gasteiger partial charge in [-0.15, -0.1) is 0 Å². The largest absolute Gasteiger partial charge is 0.398 e. The second kappa shape index (κ2) is 5.99. The van der Waals surface area contributed by atoms with Gasteiger partial charge < -0.3 is 10.6 Å². The molecule has 0 aliphatic heterocycles. The molecule has 84 valence electrons. The lowest BCUT2D eigenvalue weighted by Gasteiger charge is -2.17. The maximum Gasteiger partial charge on any atom is 0.0426 e. The number of hydrogen-bond acceptors (Lipinski definition) is 2. The molecule has 0 fully saturated rings. The molecule has 0 atom stereocenters. The fraction of sp³-hybridized carbons (Fsp3) is 0.500. The monoisotopic (exact) mass is 226 g/mol. The molecule has 0 bridgehead atoms. The lowest BCUT2D eigenvalue weighted by atomic mass is 10.1. The highest BCUT2D eigenvalue weighted by Crippen LogP contribution is 2.19. The quantitative estimate of drug-likeness (QED) is 0.782. The Balaban J connectivity index is 2.56.